The Morgan fingerprint density at radius 1 is 1.04 bits per heavy atom. The number of nitrogens with one attached hydrogen (secondary N) is 1. The van der Waals surface area contributed by atoms with E-state index in [4.69, 9.17) is 10.5 Å². The standard InChI is InChI=1S/C19H22N2O2/c20-15-7-4-6-14(12-15)19(22)21-16-8-5-11-18(13-16)23-17-9-2-1-3-10-17/h4-8,11-13,17H,1-3,9-10,20H2,(H,21,22). The molecule has 3 rings (SSSR count). The molecule has 1 saturated carbocycles. The van der Waals surface area contributed by atoms with Crippen LogP contribution in [0.5, 0.6) is 5.75 Å². The summed E-state index contributed by atoms with van der Waals surface area (Å²) < 4.78 is 6.03. The summed E-state index contributed by atoms with van der Waals surface area (Å²) in [6.45, 7) is 0. The summed E-state index contributed by atoms with van der Waals surface area (Å²) in [7, 11) is 0. The van der Waals surface area contributed by atoms with Gasteiger partial charge in [-0.15, -0.1) is 0 Å². The monoisotopic (exact) mass is 310 g/mol. The molecule has 2 aromatic carbocycles. The van der Waals surface area contributed by atoms with E-state index in [9.17, 15) is 4.79 Å². The number of rotatable bonds is 4. The molecule has 0 unspecified atom stereocenters. The van der Waals surface area contributed by atoms with E-state index in [2.05, 4.69) is 5.32 Å². The van der Waals surface area contributed by atoms with Crippen molar-refractivity contribution in [3.63, 3.8) is 0 Å². The maximum absolute atomic E-state index is 12.3. The molecule has 3 N–H and O–H groups in total. The molecule has 1 aliphatic carbocycles. The lowest BCUT2D eigenvalue weighted by Crippen LogP contribution is -2.19. The van der Waals surface area contributed by atoms with Gasteiger partial charge in [0.1, 0.15) is 5.75 Å². The average molecular weight is 310 g/mol. The van der Waals surface area contributed by atoms with E-state index in [1.807, 2.05) is 24.3 Å². The fraction of sp³-hybridized carbons (Fsp3) is 0.316. The zero-order valence-electron chi connectivity index (χ0n) is 13.1. The molecule has 0 radical (unpaired) electrons. The third-order valence-electron chi connectivity index (χ3n) is 4.10. The maximum atomic E-state index is 12.3. The van der Waals surface area contributed by atoms with Crippen molar-refractivity contribution in [1.82, 2.24) is 0 Å². The number of carbonyl (C=O) groups excluding carboxylic acids is 1. The minimum Gasteiger partial charge on any atom is -0.490 e. The Bertz CT molecular complexity index is 679. The first-order chi connectivity index (χ1) is 11.2. The van der Waals surface area contributed by atoms with E-state index < -0.39 is 0 Å². The van der Waals surface area contributed by atoms with E-state index in [0.29, 0.717) is 17.4 Å². The normalized spacial score (nSPS) is 15.1. The van der Waals surface area contributed by atoms with Crippen molar-refractivity contribution in [3.8, 4) is 5.75 Å². The highest BCUT2D eigenvalue weighted by atomic mass is 16.5. The fourth-order valence-electron chi connectivity index (χ4n) is 2.91. The molecule has 1 aliphatic rings. The SMILES string of the molecule is Nc1cccc(C(=O)Nc2cccc(OC3CCCCC3)c2)c1. The number of anilines is 2. The van der Waals surface area contributed by atoms with Crippen LogP contribution in [0.1, 0.15) is 42.5 Å². The Balaban J connectivity index is 1.66. The molecule has 1 fully saturated rings. The molecule has 0 aromatic heterocycles. The van der Waals surface area contributed by atoms with Gasteiger partial charge in [-0.25, -0.2) is 0 Å². The predicted octanol–water partition coefficient (Wildman–Crippen LogP) is 4.23. The second kappa shape index (κ2) is 7.18. The topological polar surface area (TPSA) is 64.4 Å². The van der Waals surface area contributed by atoms with E-state index in [0.717, 1.165) is 24.3 Å². The quantitative estimate of drug-likeness (QED) is 0.830. The molecule has 23 heavy (non-hydrogen) atoms. The first-order valence-corrected chi connectivity index (χ1v) is 8.14. The minimum atomic E-state index is -0.174. The Hall–Kier alpha value is -2.49. The van der Waals surface area contributed by atoms with Gasteiger partial charge in [-0.1, -0.05) is 18.6 Å². The van der Waals surface area contributed by atoms with E-state index in [1.54, 1.807) is 24.3 Å². The number of ether oxygens (including phenoxy) is 1. The molecule has 0 spiro atoms. The Morgan fingerprint density at radius 2 is 1.83 bits per heavy atom. The largest absolute Gasteiger partial charge is 0.490 e. The van der Waals surface area contributed by atoms with Crippen molar-refractivity contribution in [2.45, 2.75) is 38.2 Å². The summed E-state index contributed by atoms with van der Waals surface area (Å²) in [5.74, 6) is 0.634. The maximum Gasteiger partial charge on any atom is 0.255 e. The van der Waals surface area contributed by atoms with Crippen LogP contribution in [0.25, 0.3) is 0 Å². The van der Waals surface area contributed by atoms with Crippen molar-refractivity contribution in [2.24, 2.45) is 0 Å². The Kier molecular flexibility index (Phi) is 4.81. The molecule has 2 aromatic rings. The fourth-order valence-corrected chi connectivity index (χ4v) is 2.91. The van der Waals surface area contributed by atoms with Crippen molar-refractivity contribution in [1.29, 1.82) is 0 Å². The van der Waals surface area contributed by atoms with Crippen LogP contribution < -0.4 is 15.8 Å². The van der Waals surface area contributed by atoms with E-state index in [1.165, 1.54) is 19.3 Å². The van der Waals surface area contributed by atoms with Crippen LogP contribution in [0.4, 0.5) is 11.4 Å². The molecular weight excluding hydrogens is 288 g/mol. The van der Waals surface area contributed by atoms with Gasteiger partial charge >= 0.3 is 0 Å². The predicted molar refractivity (Wildman–Crippen MR) is 92.8 cm³/mol. The van der Waals surface area contributed by atoms with Crippen LogP contribution in [-0.2, 0) is 0 Å². The summed E-state index contributed by atoms with van der Waals surface area (Å²) in [6.07, 6.45) is 6.28. The lowest BCUT2D eigenvalue weighted by Gasteiger charge is -2.23. The number of carbonyl (C=O) groups is 1. The molecule has 0 aliphatic heterocycles. The van der Waals surface area contributed by atoms with Crippen LogP contribution in [0.15, 0.2) is 48.5 Å². The Morgan fingerprint density at radius 3 is 2.61 bits per heavy atom. The van der Waals surface area contributed by atoms with Gasteiger partial charge in [-0.05, 0) is 56.0 Å². The summed E-state index contributed by atoms with van der Waals surface area (Å²) >= 11 is 0. The summed E-state index contributed by atoms with van der Waals surface area (Å²) in [5, 5.41) is 2.89. The van der Waals surface area contributed by atoms with E-state index in [-0.39, 0.29) is 5.91 Å². The summed E-state index contributed by atoms with van der Waals surface area (Å²) in [6, 6.07) is 14.5. The number of hydrogen-bond donors (Lipinski definition) is 2. The second-order valence-corrected chi connectivity index (χ2v) is 5.99. The highest BCUT2D eigenvalue weighted by Gasteiger charge is 2.15. The molecule has 1 amide bonds. The third kappa shape index (κ3) is 4.25. The number of amides is 1. The molecule has 0 bridgehead atoms. The van der Waals surface area contributed by atoms with Gasteiger partial charge in [0.05, 0.1) is 6.10 Å². The van der Waals surface area contributed by atoms with Crippen LogP contribution in [0, 0.1) is 0 Å². The summed E-state index contributed by atoms with van der Waals surface area (Å²) in [5.41, 5.74) is 7.57. The number of nitrogens with two attached hydrogens (primary N) is 1. The van der Waals surface area contributed by atoms with Crippen LogP contribution in [0.3, 0.4) is 0 Å². The highest BCUT2D eigenvalue weighted by Crippen LogP contribution is 2.25. The minimum absolute atomic E-state index is 0.174. The smallest absolute Gasteiger partial charge is 0.255 e. The van der Waals surface area contributed by atoms with Crippen molar-refractivity contribution in [3.05, 3.63) is 54.1 Å². The van der Waals surface area contributed by atoms with Gasteiger partial charge in [0.25, 0.3) is 5.91 Å². The lowest BCUT2D eigenvalue weighted by molar-refractivity contribution is 0.102. The van der Waals surface area contributed by atoms with Gasteiger partial charge in [0.15, 0.2) is 0 Å². The second-order valence-electron chi connectivity index (χ2n) is 5.99. The van der Waals surface area contributed by atoms with Gasteiger partial charge in [-0.3, -0.25) is 4.79 Å². The highest BCUT2D eigenvalue weighted by molar-refractivity contribution is 6.04. The zero-order chi connectivity index (χ0) is 16.1. The lowest BCUT2D eigenvalue weighted by atomic mass is 9.98. The van der Waals surface area contributed by atoms with Crippen molar-refractivity contribution < 1.29 is 9.53 Å². The average Bonchev–Trinajstić information content (AvgIpc) is 2.56. The number of benzene rings is 2. The van der Waals surface area contributed by atoms with Crippen LogP contribution in [-0.4, -0.2) is 12.0 Å². The van der Waals surface area contributed by atoms with Gasteiger partial charge < -0.3 is 15.8 Å². The van der Waals surface area contributed by atoms with E-state index >= 15 is 0 Å². The molecule has 120 valence electrons. The summed E-state index contributed by atoms with van der Waals surface area (Å²) in [4.78, 5) is 12.3. The van der Waals surface area contributed by atoms with Crippen molar-refractivity contribution in [2.75, 3.05) is 11.1 Å². The zero-order valence-corrected chi connectivity index (χ0v) is 13.1. The van der Waals surface area contributed by atoms with Crippen LogP contribution in [0.2, 0.25) is 0 Å². The van der Waals surface area contributed by atoms with Gasteiger partial charge in [0, 0.05) is 23.0 Å². The first kappa shape index (κ1) is 15.4. The molecule has 0 atom stereocenters. The number of hydrogen-bond acceptors (Lipinski definition) is 3. The van der Waals surface area contributed by atoms with Gasteiger partial charge in [0.2, 0.25) is 0 Å². The molecule has 4 heteroatoms. The molecule has 4 nitrogen and oxygen atoms in total. The molecule has 0 saturated heterocycles. The Labute approximate surface area is 136 Å². The molecular formula is C19H22N2O2. The molecule has 0 heterocycles. The number of nitrogen functional groups attached to an aromatic ring is 1. The van der Waals surface area contributed by atoms with Crippen molar-refractivity contribution >= 4 is 17.3 Å². The first-order valence-electron chi connectivity index (χ1n) is 8.14. The third-order valence-corrected chi connectivity index (χ3v) is 4.10. The van der Waals surface area contributed by atoms with Gasteiger partial charge in [-0.2, -0.15) is 0 Å². The van der Waals surface area contributed by atoms with Crippen LogP contribution >= 0.6 is 0 Å².